The summed E-state index contributed by atoms with van der Waals surface area (Å²) < 4.78 is 10.8. The molecule has 3 rings (SSSR count). The Bertz CT molecular complexity index is 634. The molecule has 0 N–H and O–H groups in total. The van der Waals surface area contributed by atoms with Gasteiger partial charge in [0, 0.05) is 17.4 Å². The Morgan fingerprint density at radius 2 is 1.67 bits per heavy atom. The average Bonchev–Trinajstić information content (AvgIpc) is 2.53. The summed E-state index contributed by atoms with van der Waals surface area (Å²) in [5.41, 5.74) is 2.04. The molecule has 0 atom stereocenters. The second-order valence-electron chi connectivity index (χ2n) is 5.70. The second kappa shape index (κ2) is 5.88. The lowest BCUT2D eigenvalue weighted by atomic mass is 9.80. The van der Waals surface area contributed by atoms with E-state index in [1.54, 1.807) is 20.5 Å². The van der Waals surface area contributed by atoms with Crippen LogP contribution in [-0.2, 0) is 0 Å². The molecule has 1 aliphatic rings. The number of hydrogen-bond acceptors (Lipinski definition) is 4. The van der Waals surface area contributed by atoms with Crippen LogP contribution < -0.4 is 9.47 Å². The molecule has 21 heavy (non-hydrogen) atoms. The minimum atomic E-state index is 0.492. The van der Waals surface area contributed by atoms with Crippen LogP contribution in [0.2, 0.25) is 0 Å². The molecule has 1 aromatic heterocycles. The van der Waals surface area contributed by atoms with Crippen molar-refractivity contribution in [3.63, 3.8) is 0 Å². The van der Waals surface area contributed by atoms with Gasteiger partial charge in [-0.15, -0.1) is 0 Å². The molecule has 4 nitrogen and oxygen atoms in total. The van der Waals surface area contributed by atoms with Gasteiger partial charge in [0.1, 0.15) is 6.33 Å². The van der Waals surface area contributed by atoms with Crippen LogP contribution >= 0.6 is 0 Å². The van der Waals surface area contributed by atoms with E-state index < -0.39 is 0 Å². The first-order valence-corrected chi connectivity index (χ1v) is 7.42. The summed E-state index contributed by atoms with van der Waals surface area (Å²) in [6.07, 6.45) is 6.29. The van der Waals surface area contributed by atoms with Crippen LogP contribution in [0.3, 0.4) is 0 Å². The monoisotopic (exact) mass is 285 g/mol. The van der Waals surface area contributed by atoms with E-state index in [4.69, 9.17) is 9.47 Å². The van der Waals surface area contributed by atoms with E-state index >= 15 is 0 Å². The number of benzene rings is 1. The summed E-state index contributed by atoms with van der Waals surface area (Å²) in [4.78, 5) is 8.94. The molecule has 0 amide bonds. The van der Waals surface area contributed by atoms with Crippen LogP contribution in [0.25, 0.3) is 10.9 Å². The quantitative estimate of drug-likeness (QED) is 0.861. The number of methoxy groups -OCH3 is 2. The molecule has 1 saturated carbocycles. The van der Waals surface area contributed by atoms with E-state index in [0.29, 0.717) is 17.6 Å². The fourth-order valence-corrected chi connectivity index (χ4v) is 3.16. The SMILES string of the molecule is [CH2]C1CCC(c2ncnc3cc(OC)c(OC)cc23)CC1. The highest BCUT2D eigenvalue weighted by Crippen LogP contribution is 2.39. The van der Waals surface area contributed by atoms with Crippen molar-refractivity contribution in [1.29, 1.82) is 0 Å². The molecule has 1 aromatic carbocycles. The lowest BCUT2D eigenvalue weighted by Crippen LogP contribution is -2.12. The molecule has 1 heterocycles. The first-order chi connectivity index (χ1) is 10.2. The Balaban J connectivity index is 2.06. The van der Waals surface area contributed by atoms with Crippen molar-refractivity contribution in [2.75, 3.05) is 14.2 Å². The van der Waals surface area contributed by atoms with Crippen LogP contribution in [0.15, 0.2) is 18.5 Å². The van der Waals surface area contributed by atoms with Gasteiger partial charge < -0.3 is 9.47 Å². The van der Waals surface area contributed by atoms with Crippen LogP contribution in [-0.4, -0.2) is 24.2 Å². The summed E-state index contributed by atoms with van der Waals surface area (Å²) in [5.74, 6) is 2.51. The van der Waals surface area contributed by atoms with Crippen molar-refractivity contribution in [3.8, 4) is 11.5 Å². The van der Waals surface area contributed by atoms with Crippen LogP contribution in [0.4, 0.5) is 0 Å². The smallest absolute Gasteiger partial charge is 0.162 e. The van der Waals surface area contributed by atoms with Gasteiger partial charge in [-0.1, -0.05) is 6.92 Å². The third-order valence-electron chi connectivity index (χ3n) is 4.40. The molecule has 0 bridgehead atoms. The van der Waals surface area contributed by atoms with Gasteiger partial charge >= 0.3 is 0 Å². The van der Waals surface area contributed by atoms with Crippen molar-refractivity contribution in [2.24, 2.45) is 5.92 Å². The van der Waals surface area contributed by atoms with Gasteiger partial charge in [-0.2, -0.15) is 0 Å². The normalized spacial score (nSPS) is 22.2. The fourth-order valence-electron chi connectivity index (χ4n) is 3.16. The highest BCUT2D eigenvalue weighted by atomic mass is 16.5. The van der Waals surface area contributed by atoms with E-state index in [2.05, 4.69) is 16.9 Å². The van der Waals surface area contributed by atoms with Gasteiger partial charge in [0.15, 0.2) is 11.5 Å². The van der Waals surface area contributed by atoms with Crippen molar-refractivity contribution >= 4 is 10.9 Å². The van der Waals surface area contributed by atoms with Crippen molar-refractivity contribution < 1.29 is 9.47 Å². The Hall–Kier alpha value is -1.84. The minimum absolute atomic E-state index is 0.492. The van der Waals surface area contributed by atoms with E-state index in [-0.39, 0.29) is 0 Å². The molecule has 1 radical (unpaired) electrons. The maximum atomic E-state index is 5.41. The molecule has 0 aliphatic heterocycles. The number of nitrogens with zero attached hydrogens (tertiary/aromatic N) is 2. The molecule has 1 aliphatic carbocycles. The summed E-state index contributed by atoms with van der Waals surface area (Å²) in [7, 11) is 3.29. The summed E-state index contributed by atoms with van der Waals surface area (Å²) in [6, 6.07) is 3.92. The van der Waals surface area contributed by atoms with Gasteiger partial charge in [-0.25, -0.2) is 9.97 Å². The number of fused-ring (bicyclic) bond motifs is 1. The lowest BCUT2D eigenvalue weighted by molar-refractivity contribution is 0.355. The predicted molar refractivity (Wildman–Crippen MR) is 82.7 cm³/mol. The summed E-state index contributed by atoms with van der Waals surface area (Å²) >= 11 is 0. The Kier molecular flexibility index (Phi) is 3.95. The Morgan fingerprint density at radius 3 is 2.33 bits per heavy atom. The van der Waals surface area contributed by atoms with Crippen LogP contribution in [0, 0.1) is 12.8 Å². The standard InChI is InChI=1S/C17H21N2O2/c1-11-4-6-12(7-5-11)17-13-8-15(20-2)16(21-3)9-14(13)18-10-19-17/h8-12H,1,4-7H2,2-3H3. The summed E-state index contributed by atoms with van der Waals surface area (Å²) in [6.45, 7) is 4.17. The Morgan fingerprint density at radius 1 is 1.00 bits per heavy atom. The molecule has 2 aromatic rings. The summed E-state index contributed by atoms with van der Waals surface area (Å²) in [5, 5.41) is 1.07. The highest BCUT2D eigenvalue weighted by Gasteiger charge is 2.23. The zero-order valence-electron chi connectivity index (χ0n) is 12.6. The fraction of sp³-hybridized carbons (Fsp3) is 0.471. The van der Waals surface area contributed by atoms with Crippen LogP contribution in [0.1, 0.15) is 37.3 Å². The van der Waals surface area contributed by atoms with E-state index in [0.717, 1.165) is 35.2 Å². The van der Waals surface area contributed by atoms with Gasteiger partial charge in [-0.3, -0.25) is 0 Å². The molecule has 0 spiro atoms. The molecule has 4 heteroatoms. The number of ether oxygens (including phenoxy) is 2. The topological polar surface area (TPSA) is 44.2 Å². The highest BCUT2D eigenvalue weighted by molar-refractivity contribution is 5.85. The molecular formula is C17H21N2O2. The zero-order chi connectivity index (χ0) is 14.8. The van der Waals surface area contributed by atoms with Gasteiger partial charge in [0.05, 0.1) is 25.4 Å². The van der Waals surface area contributed by atoms with E-state index in [9.17, 15) is 0 Å². The average molecular weight is 285 g/mol. The maximum absolute atomic E-state index is 5.41. The maximum Gasteiger partial charge on any atom is 0.162 e. The molecule has 0 unspecified atom stereocenters. The lowest BCUT2D eigenvalue weighted by Gasteiger charge is -2.26. The van der Waals surface area contributed by atoms with Crippen molar-refractivity contribution in [3.05, 3.63) is 31.1 Å². The van der Waals surface area contributed by atoms with Crippen LogP contribution in [0.5, 0.6) is 11.5 Å². The first-order valence-electron chi connectivity index (χ1n) is 7.42. The van der Waals surface area contributed by atoms with Gasteiger partial charge in [0.2, 0.25) is 0 Å². The Labute approximate surface area is 125 Å². The third-order valence-corrected chi connectivity index (χ3v) is 4.40. The molecule has 1 fully saturated rings. The van der Waals surface area contributed by atoms with E-state index in [1.807, 2.05) is 12.1 Å². The van der Waals surface area contributed by atoms with Crippen molar-refractivity contribution in [1.82, 2.24) is 9.97 Å². The second-order valence-corrected chi connectivity index (χ2v) is 5.70. The first kappa shape index (κ1) is 14.1. The predicted octanol–water partition coefficient (Wildman–Crippen LogP) is 3.75. The third kappa shape index (κ3) is 2.67. The minimum Gasteiger partial charge on any atom is -0.493 e. The van der Waals surface area contributed by atoms with Crippen molar-refractivity contribution in [2.45, 2.75) is 31.6 Å². The molecule has 111 valence electrons. The van der Waals surface area contributed by atoms with E-state index in [1.165, 1.54) is 12.8 Å². The molecular weight excluding hydrogens is 264 g/mol. The number of aromatic nitrogens is 2. The van der Waals surface area contributed by atoms with Gasteiger partial charge in [0.25, 0.3) is 0 Å². The van der Waals surface area contributed by atoms with Gasteiger partial charge in [-0.05, 0) is 37.7 Å². The molecule has 0 saturated heterocycles. The zero-order valence-corrected chi connectivity index (χ0v) is 12.6. The number of hydrogen-bond donors (Lipinski definition) is 0. The largest absolute Gasteiger partial charge is 0.493 e. The number of rotatable bonds is 3.